The Hall–Kier alpha value is -2.53. The highest BCUT2D eigenvalue weighted by Crippen LogP contribution is 2.27. The van der Waals surface area contributed by atoms with Crippen LogP contribution in [0.2, 0.25) is 0 Å². The molecule has 1 N–H and O–H groups in total. The average Bonchev–Trinajstić information content (AvgIpc) is 2.71. The van der Waals surface area contributed by atoms with Crippen LogP contribution in [0.5, 0.6) is 11.5 Å². The minimum atomic E-state index is 0.117. The first-order chi connectivity index (χ1) is 13.6. The molecule has 0 aliphatic rings. The Bertz CT molecular complexity index is 719. The van der Waals surface area contributed by atoms with E-state index in [1.165, 1.54) is 5.56 Å². The maximum absolute atomic E-state index is 12.0. The van der Waals surface area contributed by atoms with Crippen molar-refractivity contribution in [3.63, 3.8) is 0 Å². The van der Waals surface area contributed by atoms with Crippen LogP contribution in [0.4, 0.5) is 0 Å². The van der Waals surface area contributed by atoms with Gasteiger partial charge < -0.3 is 19.7 Å². The molecule has 0 aliphatic carbocycles. The lowest BCUT2D eigenvalue weighted by Gasteiger charge is -2.16. The van der Waals surface area contributed by atoms with Crippen LogP contribution in [0.15, 0.2) is 48.5 Å². The molecule has 0 heterocycles. The van der Waals surface area contributed by atoms with E-state index in [-0.39, 0.29) is 5.91 Å². The van der Waals surface area contributed by atoms with Gasteiger partial charge in [0.25, 0.3) is 0 Å². The molecule has 2 aromatic rings. The maximum atomic E-state index is 12.0. The molecule has 0 bridgehead atoms. The minimum Gasteiger partial charge on any atom is -0.493 e. The number of unbranched alkanes of at least 4 members (excludes halogenated alkanes) is 1. The number of ether oxygens (including phenoxy) is 2. The number of hydrogen-bond donors (Lipinski definition) is 1. The lowest BCUT2D eigenvalue weighted by atomic mass is 10.1. The molecule has 1 amide bonds. The third-order valence-electron chi connectivity index (χ3n) is 4.67. The Morgan fingerprint density at radius 3 is 2.43 bits per heavy atom. The van der Waals surface area contributed by atoms with E-state index in [9.17, 15) is 4.79 Å². The van der Waals surface area contributed by atoms with E-state index in [2.05, 4.69) is 41.5 Å². The van der Waals surface area contributed by atoms with Crippen molar-refractivity contribution in [1.29, 1.82) is 0 Å². The summed E-state index contributed by atoms with van der Waals surface area (Å²) in [6.45, 7) is 2.56. The highest BCUT2D eigenvalue weighted by Gasteiger charge is 2.06. The SMILES string of the molecule is COc1ccc(CCNC(=O)CCCCN(C)Cc2ccccc2)cc1OC. The smallest absolute Gasteiger partial charge is 0.220 e. The average molecular weight is 385 g/mol. The van der Waals surface area contributed by atoms with Gasteiger partial charge in [-0.15, -0.1) is 0 Å². The normalized spacial score (nSPS) is 10.7. The quantitative estimate of drug-likeness (QED) is 0.568. The van der Waals surface area contributed by atoms with Crippen LogP contribution < -0.4 is 14.8 Å². The predicted octanol–water partition coefficient (Wildman–Crippen LogP) is 3.66. The zero-order valence-corrected chi connectivity index (χ0v) is 17.2. The van der Waals surface area contributed by atoms with Crippen molar-refractivity contribution in [3.8, 4) is 11.5 Å². The first kappa shape index (κ1) is 21.8. The summed E-state index contributed by atoms with van der Waals surface area (Å²) in [5, 5.41) is 3.00. The number of methoxy groups -OCH3 is 2. The molecule has 0 radical (unpaired) electrons. The van der Waals surface area contributed by atoms with Crippen LogP contribution in [0, 0.1) is 0 Å². The van der Waals surface area contributed by atoms with Crippen molar-refractivity contribution < 1.29 is 14.3 Å². The first-order valence-electron chi connectivity index (χ1n) is 9.82. The van der Waals surface area contributed by atoms with Crippen molar-refractivity contribution in [3.05, 3.63) is 59.7 Å². The van der Waals surface area contributed by atoms with Crippen LogP contribution in [0.1, 0.15) is 30.4 Å². The van der Waals surface area contributed by atoms with E-state index in [0.717, 1.165) is 37.9 Å². The van der Waals surface area contributed by atoms with Gasteiger partial charge in [-0.2, -0.15) is 0 Å². The van der Waals surface area contributed by atoms with Gasteiger partial charge in [-0.25, -0.2) is 0 Å². The Morgan fingerprint density at radius 1 is 0.964 bits per heavy atom. The number of benzene rings is 2. The molecule has 0 saturated heterocycles. The van der Waals surface area contributed by atoms with E-state index < -0.39 is 0 Å². The largest absolute Gasteiger partial charge is 0.493 e. The van der Waals surface area contributed by atoms with Gasteiger partial charge in [-0.1, -0.05) is 36.4 Å². The molecule has 0 aromatic heterocycles. The third kappa shape index (κ3) is 7.61. The number of nitrogens with zero attached hydrogens (tertiary/aromatic N) is 1. The molecule has 2 aromatic carbocycles. The van der Waals surface area contributed by atoms with Crippen molar-refractivity contribution in [2.75, 3.05) is 34.4 Å². The molecule has 0 atom stereocenters. The van der Waals surface area contributed by atoms with Crippen molar-refractivity contribution in [2.24, 2.45) is 0 Å². The van der Waals surface area contributed by atoms with Gasteiger partial charge in [-0.05, 0) is 56.1 Å². The molecule has 0 unspecified atom stereocenters. The number of rotatable bonds is 12. The lowest BCUT2D eigenvalue weighted by molar-refractivity contribution is -0.121. The van der Waals surface area contributed by atoms with E-state index in [1.54, 1.807) is 14.2 Å². The van der Waals surface area contributed by atoms with Gasteiger partial charge in [0.15, 0.2) is 11.5 Å². The van der Waals surface area contributed by atoms with E-state index in [4.69, 9.17) is 9.47 Å². The molecule has 5 nitrogen and oxygen atoms in total. The summed E-state index contributed by atoms with van der Waals surface area (Å²) in [5.41, 5.74) is 2.43. The molecule has 152 valence electrons. The number of carbonyl (C=O) groups excluding carboxylic acids is 1. The van der Waals surface area contributed by atoms with Crippen molar-refractivity contribution in [2.45, 2.75) is 32.2 Å². The van der Waals surface area contributed by atoms with Crippen LogP contribution in [0.3, 0.4) is 0 Å². The van der Waals surface area contributed by atoms with Crippen LogP contribution in [-0.4, -0.2) is 45.2 Å². The minimum absolute atomic E-state index is 0.117. The van der Waals surface area contributed by atoms with Gasteiger partial charge in [0, 0.05) is 19.5 Å². The van der Waals surface area contributed by atoms with Crippen LogP contribution in [0.25, 0.3) is 0 Å². The van der Waals surface area contributed by atoms with Gasteiger partial charge >= 0.3 is 0 Å². The summed E-state index contributed by atoms with van der Waals surface area (Å²) in [4.78, 5) is 14.3. The molecule has 28 heavy (non-hydrogen) atoms. The zero-order chi connectivity index (χ0) is 20.2. The molecule has 2 rings (SSSR count). The second-order valence-corrected chi connectivity index (χ2v) is 6.97. The number of nitrogens with one attached hydrogen (secondary N) is 1. The molecular weight excluding hydrogens is 352 g/mol. The first-order valence-corrected chi connectivity index (χ1v) is 9.82. The summed E-state index contributed by atoms with van der Waals surface area (Å²) in [7, 11) is 5.37. The summed E-state index contributed by atoms with van der Waals surface area (Å²) in [6.07, 6.45) is 3.27. The molecule has 0 spiro atoms. The Labute approximate surface area is 168 Å². The summed E-state index contributed by atoms with van der Waals surface area (Å²) in [6, 6.07) is 16.3. The fraction of sp³-hybridized carbons (Fsp3) is 0.435. The monoisotopic (exact) mass is 384 g/mol. The molecule has 5 heteroatoms. The van der Waals surface area contributed by atoms with Gasteiger partial charge in [0.05, 0.1) is 14.2 Å². The van der Waals surface area contributed by atoms with Gasteiger partial charge in [-0.3, -0.25) is 4.79 Å². The fourth-order valence-electron chi connectivity index (χ4n) is 3.11. The Morgan fingerprint density at radius 2 is 1.71 bits per heavy atom. The summed E-state index contributed by atoms with van der Waals surface area (Å²) < 4.78 is 10.6. The number of hydrogen-bond acceptors (Lipinski definition) is 4. The highest BCUT2D eigenvalue weighted by atomic mass is 16.5. The van der Waals surface area contributed by atoms with Crippen molar-refractivity contribution >= 4 is 5.91 Å². The summed E-state index contributed by atoms with van der Waals surface area (Å²) in [5.74, 6) is 1.55. The molecular formula is C23H32N2O3. The fourth-order valence-corrected chi connectivity index (χ4v) is 3.11. The highest BCUT2D eigenvalue weighted by molar-refractivity contribution is 5.75. The Balaban J connectivity index is 1.59. The van der Waals surface area contributed by atoms with E-state index in [0.29, 0.717) is 24.5 Å². The molecule has 0 saturated carbocycles. The molecule has 0 fully saturated rings. The second-order valence-electron chi connectivity index (χ2n) is 6.97. The van der Waals surface area contributed by atoms with Crippen molar-refractivity contribution in [1.82, 2.24) is 10.2 Å². The van der Waals surface area contributed by atoms with E-state index in [1.807, 2.05) is 24.3 Å². The third-order valence-corrected chi connectivity index (χ3v) is 4.67. The second kappa shape index (κ2) is 12.0. The Kier molecular flexibility index (Phi) is 9.35. The lowest BCUT2D eigenvalue weighted by Crippen LogP contribution is -2.26. The molecule has 0 aliphatic heterocycles. The van der Waals surface area contributed by atoms with Gasteiger partial charge in [0.2, 0.25) is 5.91 Å². The predicted molar refractivity (Wildman–Crippen MR) is 113 cm³/mol. The zero-order valence-electron chi connectivity index (χ0n) is 17.2. The standard InChI is InChI=1S/C23H32N2O3/c1-25(18-20-9-5-4-6-10-20)16-8-7-11-23(26)24-15-14-19-12-13-21(27-2)22(17-19)28-3/h4-6,9-10,12-13,17H,7-8,11,14-16,18H2,1-3H3,(H,24,26). The van der Waals surface area contributed by atoms with Crippen LogP contribution >= 0.6 is 0 Å². The van der Waals surface area contributed by atoms with Crippen LogP contribution in [-0.2, 0) is 17.8 Å². The topological polar surface area (TPSA) is 50.8 Å². The number of carbonyl (C=O) groups is 1. The van der Waals surface area contributed by atoms with E-state index >= 15 is 0 Å². The number of amides is 1. The van der Waals surface area contributed by atoms with Gasteiger partial charge in [0.1, 0.15) is 0 Å². The summed E-state index contributed by atoms with van der Waals surface area (Å²) >= 11 is 0. The maximum Gasteiger partial charge on any atom is 0.220 e.